The average Bonchev–Trinajstić information content (AvgIpc) is 2.71. The molecule has 7 heteroatoms. The molecule has 29 heavy (non-hydrogen) atoms. The molecular formula is C22H30FIN4O. The van der Waals surface area contributed by atoms with Gasteiger partial charge in [-0.25, -0.2) is 9.38 Å². The fourth-order valence-electron chi connectivity index (χ4n) is 3.37. The van der Waals surface area contributed by atoms with Crippen LogP contribution < -0.4 is 10.6 Å². The van der Waals surface area contributed by atoms with Gasteiger partial charge in [0.05, 0.1) is 6.54 Å². The van der Waals surface area contributed by atoms with E-state index in [9.17, 15) is 9.50 Å². The van der Waals surface area contributed by atoms with Crippen molar-refractivity contribution in [3.05, 3.63) is 65.5 Å². The number of hydrogen-bond donors (Lipinski definition) is 3. The molecule has 0 aromatic heterocycles. The van der Waals surface area contributed by atoms with Gasteiger partial charge in [0.15, 0.2) is 5.96 Å². The second-order valence-corrected chi connectivity index (χ2v) is 7.18. The molecule has 0 saturated carbocycles. The quantitative estimate of drug-likeness (QED) is 0.313. The number of guanidine groups is 1. The van der Waals surface area contributed by atoms with E-state index in [2.05, 4.69) is 27.4 Å². The third-order valence-corrected chi connectivity index (χ3v) is 4.95. The zero-order valence-electron chi connectivity index (χ0n) is 16.8. The Hall–Kier alpha value is -1.87. The first-order valence-electron chi connectivity index (χ1n) is 9.92. The zero-order chi connectivity index (χ0) is 19.8. The van der Waals surface area contributed by atoms with Gasteiger partial charge in [-0.3, -0.25) is 4.90 Å². The van der Waals surface area contributed by atoms with Crippen molar-refractivity contribution in [1.82, 2.24) is 15.5 Å². The lowest BCUT2D eigenvalue weighted by atomic mass is 10.0. The van der Waals surface area contributed by atoms with Crippen LogP contribution in [0.1, 0.15) is 30.9 Å². The third-order valence-electron chi connectivity index (χ3n) is 4.95. The number of likely N-dealkylation sites (tertiary alicyclic amines) is 1. The highest BCUT2D eigenvalue weighted by atomic mass is 127. The van der Waals surface area contributed by atoms with Crippen molar-refractivity contribution >= 4 is 29.9 Å². The van der Waals surface area contributed by atoms with Crippen LogP contribution >= 0.6 is 24.0 Å². The number of hydrogen-bond acceptors (Lipinski definition) is 3. The summed E-state index contributed by atoms with van der Waals surface area (Å²) >= 11 is 0. The predicted octanol–water partition coefficient (Wildman–Crippen LogP) is 3.87. The summed E-state index contributed by atoms with van der Waals surface area (Å²) in [7, 11) is 0. The van der Waals surface area contributed by atoms with Crippen molar-refractivity contribution in [2.45, 2.75) is 38.9 Å². The number of piperidine rings is 1. The summed E-state index contributed by atoms with van der Waals surface area (Å²) in [5, 5.41) is 16.2. The van der Waals surface area contributed by atoms with Gasteiger partial charge in [-0.05, 0) is 55.2 Å². The molecule has 0 aliphatic carbocycles. The van der Waals surface area contributed by atoms with Crippen LogP contribution in [0.3, 0.4) is 0 Å². The van der Waals surface area contributed by atoms with Gasteiger partial charge in [0.1, 0.15) is 11.6 Å². The second-order valence-electron chi connectivity index (χ2n) is 7.18. The summed E-state index contributed by atoms with van der Waals surface area (Å²) < 4.78 is 13.0. The van der Waals surface area contributed by atoms with Gasteiger partial charge < -0.3 is 15.7 Å². The molecule has 0 amide bonds. The molecule has 3 N–H and O–H groups in total. The van der Waals surface area contributed by atoms with Gasteiger partial charge in [0, 0.05) is 32.2 Å². The minimum atomic E-state index is -0.186. The fourth-order valence-corrected chi connectivity index (χ4v) is 3.37. The minimum absolute atomic E-state index is 0. The van der Waals surface area contributed by atoms with Gasteiger partial charge in [-0.15, -0.1) is 24.0 Å². The third kappa shape index (κ3) is 7.81. The number of aliphatic imine (C=N–C) groups is 1. The van der Waals surface area contributed by atoms with E-state index in [0.29, 0.717) is 12.6 Å². The first-order chi connectivity index (χ1) is 13.6. The number of phenols is 1. The summed E-state index contributed by atoms with van der Waals surface area (Å²) in [5.74, 6) is 0.909. The maximum absolute atomic E-state index is 13.0. The van der Waals surface area contributed by atoms with Crippen LogP contribution in [0.4, 0.5) is 4.39 Å². The Balaban J connectivity index is 0.00000300. The van der Waals surface area contributed by atoms with Crippen molar-refractivity contribution in [2.24, 2.45) is 4.99 Å². The van der Waals surface area contributed by atoms with Crippen molar-refractivity contribution in [2.75, 3.05) is 19.6 Å². The number of rotatable bonds is 6. The second kappa shape index (κ2) is 12.0. The van der Waals surface area contributed by atoms with E-state index in [4.69, 9.17) is 0 Å². The first-order valence-corrected chi connectivity index (χ1v) is 9.92. The molecule has 158 valence electrons. The van der Waals surface area contributed by atoms with E-state index in [0.717, 1.165) is 56.1 Å². The maximum Gasteiger partial charge on any atom is 0.191 e. The van der Waals surface area contributed by atoms with Crippen LogP contribution in [0.2, 0.25) is 0 Å². The van der Waals surface area contributed by atoms with Crippen LogP contribution in [0.25, 0.3) is 0 Å². The highest BCUT2D eigenvalue weighted by Gasteiger charge is 2.20. The molecule has 0 radical (unpaired) electrons. The lowest BCUT2D eigenvalue weighted by molar-refractivity contribution is 0.198. The zero-order valence-corrected chi connectivity index (χ0v) is 19.1. The molecule has 0 spiro atoms. The van der Waals surface area contributed by atoms with E-state index in [1.165, 1.54) is 12.1 Å². The maximum atomic E-state index is 13.0. The van der Waals surface area contributed by atoms with Crippen molar-refractivity contribution in [1.29, 1.82) is 0 Å². The van der Waals surface area contributed by atoms with Crippen LogP contribution in [-0.4, -0.2) is 41.6 Å². The highest BCUT2D eigenvalue weighted by Crippen LogP contribution is 2.15. The molecule has 0 bridgehead atoms. The summed E-state index contributed by atoms with van der Waals surface area (Å²) in [6.45, 7) is 6.31. The number of aromatic hydroxyl groups is 1. The lowest BCUT2D eigenvalue weighted by Crippen LogP contribution is -2.48. The summed E-state index contributed by atoms with van der Waals surface area (Å²) in [5.41, 5.74) is 2.21. The van der Waals surface area contributed by atoms with Crippen LogP contribution in [0, 0.1) is 5.82 Å². The molecule has 3 rings (SSSR count). The predicted molar refractivity (Wildman–Crippen MR) is 126 cm³/mol. The van der Waals surface area contributed by atoms with Crippen LogP contribution in [0.5, 0.6) is 5.75 Å². The molecule has 1 heterocycles. The standard InChI is InChI=1S/C22H29FN4O.HI/c1-2-24-22(25-15-17-5-9-21(28)10-6-17)26-20-11-13-27(14-12-20)16-18-3-7-19(23)8-4-18;/h3-10,20,28H,2,11-16H2,1H3,(H2,24,25,26);1H. The average molecular weight is 512 g/mol. The Kier molecular flexibility index (Phi) is 9.66. The first kappa shape index (κ1) is 23.4. The summed E-state index contributed by atoms with van der Waals surface area (Å²) in [4.78, 5) is 7.07. The van der Waals surface area contributed by atoms with Crippen LogP contribution in [-0.2, 0) is 13.1 Å². The topological polar surface area (TPSA) is 59.9 Å². The normalized spacial score (nSPS) is 15.6. The summed E-state index contributed by atoms with van der Waals surface area (Å²) in [6.07, 6.45) is 2.09. The van der Waals surface area contributed by atoms with E-state index in [-0.39, 0.29) is 35.5 Å². The molecule has 5 nitrogen and oxygen atoms in total. The fraction of sp³-hybridized carbons (Fsp3) is 0.409. The molecule has 1 aliphatic rings. The van der Waals surface area contributed by atoms with Crippen molar-refractivity contribution < 1.29 is 9.50 Å². The smallest absolute Gasteiger partial charge is 0.191 e. The molecule has 2 aromatic rings. The Morgan fingerprint density at radius 2 is 1.69 bits per heavy atom. The molecular weight excluding hydrogens is 482 g/mol. The molecule has 0 unspecified atom stereocenters. The monoisotopic (exact) mass is 512 g/mol. The Morgan fingerprint density at radius 1 is 1.07 bits per heavy atom. The van der Waals surface area contributed by atoms with E-state index in [1.807, 2.05) is 24.3 Å². The number of nitrogens with zero attached hydrogens (tertiary/aromatic N) is 2. The van der Waals surface area contributed by atoms with Gasteiger partial charge in [-0.1, -0.05) is 24.3 Å². The number of nitrogens with one attached hydrogen (secondary N) is 2. The summed E-state index contributed by atoms with van der Waals surface area (Å²) in [6, 6.07) is 14.3. The Bertz CT molecular complexity index is 759. The highest BCUT2D eigenvalue weighted by molar-refractivity contribution is 14.0. The van der Waals surface area contributed by atoms with Crippen molar-refractivity contribution in [3.63, 3.8) is 0 Å². The van der Waals surface area contributed by atoms with Gasteiger partial charge >= 0.3 is 0 Å². The molecule has 2 aromatic carbocycles. The van der Waals surface area contributed by atoms with Crippen LogP contribution in [0.15, 0.2) is 53.5 Å². The Morgan fingerprint density at radius 3 is 2.31 bits per heavy atom. The molecule has 0 atom stereocenters. The minimum Gasteiger partial charge on any atom is -0.508 e. The van der Waals surface area contributed by atoms with Gasteiger partial charge in [0.2, 0.25) is 0 Å². The number of phenolic OH excluding ortho intramolecular Hbond substituents is 1. The van der Waals surface area contributed by atoms with E-state index in [1.54, 1.807) is 12.1 Å². The number of benzene rings is 2. The molecule has 1 saturated heterocycles. The van der Waals surface area contributed by atoms with Gasteiger partial charge in [-0.2, -0.15) is 0 Å². The van der Waals surface area contributed by atoms with E-state index < -0.39 is 0 Å². The number of halogens is 2. The van der Waals surface area contributed by atoms with Crippen molar-refractivity contribution in [3.8, 4) is 5.75 Å². The Labute approximate surface area is 189 Å². The van der Waals surface area contributed by atoms with E-state index >= 15 is 0 Å². The molecule has 1 fully saturated rings. The van der Waals surface area contributed by atoms with Gasteiger partial charge in [0.25, 0.3) is 0 Å². The largest absolute Gasteiger partial charge is 0.508 e. The lowest BCUT2D eigenvalue weighted by Gasteiger charge is -2.33. The molecule has 1 aliphatic heterocycles. The SMILES string of the molecule is CCNC(=NCc1ccc(O)cc1)NC1CCN(Cc2ccc(F)cc2)CC1.I.